The number of aryl methyl sites for hydroxylation is 2. The summed E-state index contributed by atoms with van der Waals surface area (Å²) in [5, 5.41) is 9.58. The van der Waals surface area contributed by atoms with Crippen LogP contribution in [0.2, 0.25) is 0 Å². The van der Waals surface area contributed by atoms with E-state index in [0.29, 0.717) is 0 Å². The Morgan fingerprint density at radius 3 is 2.67 bits per heavy atom. The summed E-state index contributed by atoms with van der Waals surface area (Å²) in [5.74, 6) is 0. The molecular weight excluding hydrogens is 254 g/mol. The molecule has 3 N–H and O–H groups in total. The van der Waals surface area contributed by atoms with Crippen molar-refractivity contribution in [3.63, 3.8) is 0 Å². The second-order valence-electron chi connectivity index (χ2n) is 4.05. The Labute approximate surface area is 99.6 Å². The van der Waals surface area contributed by atoms with Crippen LogP contribution in [0.25, 0.3) is 0 Å². The number of rotatable bonds is 4. The van der Waals surface area contributed by atoms with Gasteiger partial charge in [0.05, 0.1) is 6.10 Å². The molecule has 84 valence electrons. The molecule has 0 amide bonds. The highest BCUT2D eigenvalue weighted by Gasteiger charge is 2.09. The predicted octanol–water partition coefficient (Wildman–Crippen LogP) is 2.40. The molecule has 2 nitrogen and oxygen atoms in total. The van der Waals surface area contributed by atoms with Crippen molar-refractivity contribution in [3.8, 4) is 0 Å². The van der Waals surface area contributed by atoms with Crippen LogP contribution in [0.3, 0.4) is 0 Å². The van der Waals surface area contributed by atoms with Gasteiger partial charge in [0.2, 0.25) is 0 Å². The van der Waals surface area contributed by atoms with Crippen LogP contribution in [-0.4, -0.2) is 17.3 Å². The molecule has 3 heteroatoms. The molecule has 0 fully saturated rings. The fraction of sp³-hybridized carbons (Fsp3) is 0.500. The largest absolute Gasteiger partial charge is 0.392 e. The van der Waals surface area contributed by atoms with Crippen LogP contribution in [0.5, 0.6) is 0 Å². The molecule has 1 rings (SSSR count). The van der Waals surface area contributed by atoms with Gasteiger partial charge in [-0.05, 0) is 43.9 Å². The average molecular weight is 272 g/mol. The van der Waals surface area contributed by atoms with Gasteiger partial charge < -0.3 is 10.8 Å². The van der Waals surface area contributed by atoms with Crippen molar-refractivity contribution in [2.24, 2.45) is 5.73 Å². The van der Waals surface area contributed by atoms with Crippen molar-refractivity contribution in [2.45, 2.75) is 38.8 Å². The first kappa shape index (κ1) is 12.7. The zero-order valence-corrected chi connectivity index (χ0v) is 10.8. The molecular formula is C12H18BrNO. The van der Waals surface area contributed by atoms with Gasteiger partial charge in [0.25, 0.3) is 0 Å². The van der Waals surface area contributed by atoms with E-state index in [1.807, 2.05) is 13.0 Å². The first-order valence-electron chi connectivity index (χ1n) is 5.19. The molecule has 0 saturated heterocycles. The molecule has 0 saturated carbocycles. The molecule has 1 aromatic rings. The normalized spacial score (nSPS) is 15.0. The lowest BCUT2D eigenvalue weighted by Gasteiger charge is -2.14. The summed E-state index contributed by atoms with van der Waals surface area (Å²) in [5.41, 5.74) is 8.07. The number of aliphatic hydroxyl groups excluding tert-OH is 1. The van der Waals surface area contributed by atoms with Crippen LogP contribution in [0, 0.1) is 6.92 Å². The molecule has 0 bridgehead atoms. The maximum absolute atomic E-state index is 9.58. The van der Waals surface area contributed by atoms with E-state index < -0.39 is 6.10 Å². The second-order valence-corrected chi connectivity index (χ2v) is 4.90. The van der Waals surface area contributed by atoms with E-state index in [1.165, 1.54) is 11.1 Å². The minimum atomic E-state index is -0.408. The smallest absolute Gasteiger partial charge is 0.0691 e. The lowest BCUT2D eigenvalue weighted by molar-refractivity contribution is 0.141. The molecule has 1 aromatic carbocycles. The molecule has 0 spiro atoms. The van der Waals surface area contributed by atoms with Gasteiger partial charge in [-0.1, -0.05) is 28.1 Å². The first-order valence-corrected chi connectivity index (χ1v) is 5.98. The number of nitrogens with two attached hydrogens (primary N) is 1. The molecule has 0 aromatic heterocycles. The van der Waals surface area contributed by atoms with Gasteiger partial charge in [-0.15, -0.1) is 0 Å². The molecule has 0 radical (unpaired) electrons. The molecule has 15 heavy (non-hydrogen) atoms. The lowest BCUT2D eigenvalue weighted by atomic mass is 10.0. The van der Waals surface area contributed by atoms with Crippen LogP contribution >= 0.6 is 15.9 Å². The SMILES string of the molecule is Cc1cc(CCC(O)C(C)N)ccc1Br. The molecule has 2 atom stereocenters. The summed E-state index contributed by atoms with van der Waals surface area (Å²) in [6.07, 6.45) is 1.18. The van der Waals surface area contributed by atoms with Gasteiger partial charge >= 0.3 is 0 Å². The summed E-state index contributed by atoms with van der Waals surface area (Å²) in [7, 11) is 0. The van der Waals surface area contributed by atoms with Gasteiger partial charge in [-0.3, -0.25) is 0 Å². The van der Waals surface area contributed by atoms with Crippen molar-refractivity contribution in [1.82, 2.24) is 0 Å². The minimum Gasteiger partial charge on any atom is -0.392 e. The zero-order chi connectivity index (χ0) is 11.4. The number of hydrogen-bond acceptors (Lipinski definition) is 2. The summed E-state index contributed by atoms with van der Waals surface area (Å²) in [4.78, 5) is 0. The van der Waals surface area contributed by atoms with Crippen molar-refractivity contribution >= 4 is 15.9 Å². The number of aliphatic hydroxyl groups is 1. The van der Waals surface area contributed by atoms with Crippen LogP contribution in [0.1, 0.15) is 24.5 Å². The van der Waals surface area contributed by atoms with Gasteiger partial charge in [0, 0.05) is 10.5 Å². The van der Waals surface area contributed by atoms with Gasteiger partial charge in [0.1, 0.15) is 0 Å². The molecule has 0 aliphatic rings. The highest BCUT2D eigenvalue weighted by Crippen LogP contribution is 2.18. The Hall–Kier alpha value is -0.380. The van der Waals surface area contributed by atoms with Crippen molar-refractivity contribution in [1.29, 1.82) is 0 Å². The Bertz CT molecular complexity index is 325. The third-order valence-electron chi connectivity index (χ3n) is 2.56. The van der Waals surface area contributed by atoms with E-state index in [1.54, 1.807) is 0 Å². The first-order chi connectivity index (χ1) is 7.00. The van der Waals surface area contributed by atoms with E-state index >= 15 is 0 Å². The second kappa shape index (κ2) is 5.64. The average Bonchev–Trinajstić information content (AvgIpc) is 2.19. The quantitative estimate of drug-likeness (QED) is 0.884. The van der Waals surface area contributed by atoms with Crippen LogP contribution in [0.4, 0.5) is 0 Å². The Morgan fingerprint density at radius 2 is 2.13 bits per heavy atom. The molecule has 0 aliphatic heterocycles. The highest BCUT2D eigenvalue weighted by atomic mass is 79.9. The number of benzene rings is 1. The van der Waals surface area contributed by atoms with E-state index in [0.717, 1.165) is 17.3 Å². The number of hydrogen-bond donors (Lipinski definition) is 2. The molecule has 2 unspecified atom stereocenters. The zero-order valence-electron chi connectivity index (χ0n) is 9.20. The third-order valence-corrected chi connectivity index (χ3v) is 3.45. The van der Waals surface area contributed by atoms with Gasteiger partial charge in [-0.2, -0.15) is 0 Å². The predicted molar refractivity (Wildman–Crippen MR) is 66.9 cm³/mol. The van der Waals surface area contributed by atoms with E-state index in [4.69, 9.17) is 5.73 Å². The molecule has 0 aliphatic carbocycles. The summed E-state index contributed by atoms with van der Waals surface area (Å²) in [6.45, 7) is 3.90. The monoisotopic (exact) mass is 271 g/mol. The van der Waals surface area contributed by atoms with E-state index in [9.17, 15) is 5.11 Å². The third kappa shape index (κ3) is 3.93. The maximum Gasteiger partial charge on any atom is 0.0691 e. The molecule has 0 heterocycles. The van der Waals surface area contributed by atoms with E-state index in [-0.39, 0.29) is 6.04 Å². The highest BCUT2D eigenvalue weighted by molar-refractivity contribution is 9.10. The Kier molecular flexibility index (Phi) is 4.77. The Balaban J connectivity index is 2.55. The van der Waals surface area contributed by atoms with E-state index in [2.05, 4.69) is 35.0 Å². The van der Waals surface area contributed by atoms with Crippen LogP contribution < -0.4 is 5.73 Å². The van der Waals surface area contributed by atoms with Crippen molar-refractivity contribution in [2.75, 3.05) is 0 Å². The summed E-state index contributed by atoms with van der Waals surface area (Å²) < 4.78 is 1.12. The maximum atomic E-state index is 9.58. The van der Waals surface area contributed by atoms with Crippen molar-refractivity contribution in [3.05, 3.63) is 33.8 Å². The lowest BCUT2D eigenvalue weighted by Crippen LogP contribution is -2.31. The minimum absolute atomic E-state index is 0.151. The standard InChI is InChI=1S/C12H18BrNO/c1-8-7-10(3-5-11(8)13)4-6-12(15)9(2)14/h3,5,7,9,12,15H,4,6,14H2,1-2H3. The summed E-state index contributed by atoms with van der Waals surface area (Å²) >= 11 is 3.46. The summed E-state index contributed by atoms with van der Waals surface area (Å²) in [6, 6.07) is 6.10. The number of halogens is 1. The Morgan fingerprint density at radius 1 is 1.47 bits per heavy atom. The van der Waals surface area contributed by atoms with Crippen LogP contribution in [-0.2, 0) is 6.42 Å². The topological polar surface area (TPSA) is 46.2 Å². The fourth-order valence-electron chi connectivity index (χ4n) is 1.44. The van der Waals surface area contributed by atoms with Gasteiger partial charge in [0.15, 0.2) is 0 Å². The van der Waals surface area contributed by atoms with Crippen molar-refractivity contribution < 1.29 is 5.11 Å². The fourth-order valence-corrected chi connectivity index (χ4v) is 1.69. The van der Waals surface area contributed by atoms with Crippen LogP contribution in [0.15, 0.2) is 22.7 Å². The van der Waals surface area contributed by atoms with Gasteiger partial charge in [-0.25, -0.2) is 0 Å².